The predicted octanol–water partition coefficient (Wildman–Crippen LogP) is 1.61. The molecule has 1 aliphatic carbocycles. The Hall–Kier alpha value is -2.28. The number of ether oxygens (including phenoxy) is 2. The third-order valence-electron chi connectivity index (χ3n) is 4.49. The number of hydrogen-bond donors (Lipinski definition) is 3. The van der Waals surface area contributed by atoms with Crippen LogP contribution in [0.4, 0.5) is 0 Å². The van der Waals surface area contributed by atoms with Crippen LogP contribution >= 0.6 is 0 Å². The Morgan fingerprint density at radius 1 is 1.25 bits per heavy atom. The molecule has 7 nitrogen and oxygen atoms in total. The Kier molecular flexibility index (Phi) is 5.66. The number of nitrogens with two attached hydrogens (primary N) is 1. The largest absolute Gasteiger partial charge is 0.493 e. The van der Waals surface area contributed by atoms with Crippen LogP contribution in [0.25, 0.3) is 0 Å². The van der Waals surface area contributed by atoms with Crippen LogP contribution < -0.4 is 20.5 Å². The number of nitrogens with one attached hydrogen (secondary N) is 1. The van der Waals surface area contributed by atoms with Gasteiger partial charge in [0.2, 0.25) is 5.91 Å². The van der Waals surface area contributed by atoms with E-state index >= 15 is 0 Å². The van der Waals surface area contributed by atoms with Gasteiger partial charge in [-0.3, -0.25) is 4.79 Å². The molecule has 0 heterocycles. The van der Waals surface area contributed by atoms with Crippen molar-refractivity contribution in [2.75, 3.05) is 14.2 Å². The molecule has 0 bridgehead atoms. The van der Waals surface area contributed by atoms with Gasteiger partial charge in [0.1, 0.15) is 5.54 Å². The van der Waals surface area contributed by atoms with E-state index in [4.69, 9.17) is 15.2 Å². The number of carboxylic acids is 1. The van der Waals surface area contributed by atoms with Gasteiger partial charge in [0.05, 0.1) is 14.2 Å². The molecule has 0 aromatic heterocycles. The molecule has 1 aromatic carbocycles. The van der Waals surface area contributed by atoms with Crippen molar-refractivity contribution in [3.05, 3.63) is 23.8 Å². The summed E-state index contributed by atoms with van der Waals surface area (Å²) in [4.78, 5) is 23.8. The molecule has 4 N–H and O–H groups in total. The Bertz CT molecular complexity index is 611. The lowest BCUT2D eigenvalue weighted by Crippen LogP contribution is -2.52. The van der Waals surface area contributed by atoms with Gasteiger partial charge in [-0.25, -0.2) is 4.79 Å². The molecule has 0 spiro atoms. The van der Waals surface area contributed by atoms with E-state index in [1.54, 1.807) is 18.2 Å². The summed E-state index contributed by atoms with van der Waals surface area (Å²) in [5.74, 6) is -0.230. The van der Waals surface area contributed by atoms with Crippen molar-refractivity contribution in [1.29, 1.82) is 0 Å². The van der Waals surface area contributed by atoms with Crippen molar-refractivity contribution in [3.8, 4) is 11.5 Å². The quantitative estimate of drug-likeness (QED) is 0.697. The van der Waals surface area contributed by atoms with Crippen molar-refractivity contribution in [2.45, 2.75) is 43.7 Å². The van der Waals surface area contributed by atoms with Crippen molar-refractivity contribution in [2.24, 2.45) is 5.73 Å². The van der Waals surface area contributed by atoms with E-state index in [9.17, 15) is 14.7 Å². The summed E-state index contributed by atoms with van der Waals surface area (Å²) in [5.41, 5.74) is 5.68. The van der Waals surface area contributed by atoms with E-state index in [-0.39, 0.29) is 12.3 Å². The lowest BCUT2D eigenvalue weighted by Gasteiger charge is -2.26. The number of carbonyl (C=O) groups excluding carboxylic acids is 1. The third kappa shape index (κ3) is 3.79. The number of rotatable bonds is 7. The number of amides is 1. The fourth-order valence-electron chi connectivity index (χ4n) is 3.09. The molecular weight excluding hydrogens is 312 g/mol. The van der Waals surface area contributed by atoms with Crippen molar-refractivity contribution in [1.82, 2.24) is 5.32 Å². The first-order valence-electron chi connectivity index (χ1n) is 7.94. The molecule has 1 aromatic rings. The monoisotopic (exact) mass is 336 g/mol. The van der Waals surface area contributed by atoms with Crippen LogP contribution in [0.2, 0.25) is 0 Å². The van der Waals surface area contributed by atoms with E-state index in [1.807, 2.05) is 0 Å². The number of aliphatic carboxylic acids is 1. The van der Waals surface area contributed by atoms with Crippen LogP contribution in [-0.2, 0) is 9.59 Å². The molecule has 1 saturated carbocycles. The lowest BCUT2D eigenvalue weighted by atomic mass is 9.96. The van der Waals surface area contributed by atoms with Gasteiger partial charge in [-0.15, -0.1) is 0 Å². The summed E-state index contributed by atoms with van der Waals surface area (Å²) >= 11 is 0. The highest BCUT2D eigenvalue weighted by Crippen LogP contribution is 2.32. The Balaban J connectivity index is 2.05. The maximum absolute atomic E-state index is 12.3. The molecule has 1 fully saturated rings. The van der Waals surface area contributed by atoms with Gasteiger partial charge >= 0.3 is 5.97 Å². The molecule has 132 valence electrons. The fraction of sp³-hybridized carbons (Fsp3) is 0.529. The minimum Gasteiger partial charge on any atom is -0.493 e. The highest BCUT2D eigenvalue weighted by molar-refractivity contribution is 5.87. The average molecular weight is 336 g/mol. The second-order valence-corrected chi connectivity index (χ2v) is 6.07. The van der Waals surface area contributed by atoms with E-state index in [0.29, 0.717) is 24.3 Å². The first kappa shape index (κ1) is 18.1. The number of hydrogen-bond acceptors (Lipinski definition) is 5. The van der Waals surface area contributed by atoms with Gasteiger partial charge in [0, 0.05) is 12.5 Å². The second-order valence-electron chi connectivity index (χ2n) is 6.07. The zero-order valence-corrected chi connectivity index (χ0v) is 14.0. The number of benzene rings is 1. The van der Waals surface area contributed by atoms with Gasteiger partial charge in [0.15, 0.2) is 11.5 Å². The Morgan fingerprint density at radius 2 is 1.88 bits per heavy atom. The van der Waals surface area contributed by atoms with Crippen LogP contribution in [0.15, 0.2) is 18.2 Å². The van der Waals surface area contributed by atoms with Crippen LogP contribution in [0.3, 0.4) is 0 Å². The topological polar surface area (TPSA) is 111 Å². The van der Waals surface area contributed by atoms with Gasteiger partial charge in [-0.2, -0.15) is 0 Å². The molecule has 1 amide bonds. The van der Waals surface area contributed by atoms with Gasteiger partial charge in [0.25, 0.3) is 0 Å². The Morgan fingerprint density at radius 3 is 2.42 bits per heavy atom. The van der Waals surface area contributed by atoms with E-state index in [1.165, 1.54) is 14.2 Å². The first-order chi connectivity index (χ1) is 11.4. The van der Waals surface area contributed by atoms with Gasteiger partial charge in [-0.05, 0) is 30.5 Å². The van der Waals surface area contributed by atoms with Crippen molar-refractivity contribution >= 4 is 11.9 Å². The smallest absolute Gasteiger partial charge is 0.329 e. The standard InChI is InChI=1S/C17H24N2O5/c1-23-13-6-5-11(9-14(13)24-2)12(18)10-15(20)19-17(16(21)22)7-3-4-8-17/h5-6,9,12H,3-4,7-8,10,18H2,1-2H3,(H,19,20)(H,21,22)/t12-/m1/s1. The summed E-state index contributed by atoms with van der Waals surface area (Å²) in [6.45, 7) is 0. The minimum absolute atomic E-state index is 0.00448. The zero-order chi connectivity index (χ0) is 17.7. The zero-order valence-electron chi connectivity index (χ0n) is 14.0. The van der Waals surface area contributed by atoms with Crippen molar-refractivity contribution < 1.29 is 24.2 Å². The summed E-state index contributed by atoms with van der Waals surface area (Å²) in [7, 11) is 3.06. The maximum atomic E-state index is 12.3. The maximum Gasteiger partial charge on any atom is 0.329 e. The van der Waals surface area contributed by atoms with Crippen LogP contribution in [0.5, 0.6) is 11.5 Å². The van der Waals surface area contributed by atoms with Crippen LogP contribution in [0.1, 0.15) is 43.7 Å². The summed E-state index contributed by atoms with van der Waals surface area (Å²) in [5, 5.41) is 12.1. The van der Waals surface area contributed by atoms with Crippen LogP contribution in [-0.4, -0.2) is 36.7 Å². The highest BCUT2D eigenvalue weighted by atomic mass is 16.5. The number of methoxy groups -OCH3 is 2. The molecule has 1 atom stereocenters. The molecule has 1 aliphatic rings. The Labute approximate surface area is 141 Å². The highest BCUT2D eigenvalue weighted by Gasteiger charge is 2.42. The average Bonchev–Trinajstić information content (AvgIpc) is 3.03. The molecule has 0 radical (unpaired) electrons. The molecule has 24 heavy (non-hydrogen) atoms. The molecular formula is C17H24N2O5. The molecule has 2 rings (SSSR count). The summed E-state index contributed by atoms with van der Waals surface area (Å²) in [6.07, 6.45) is 2.52. The molecule has 0 unspecified atom stereocenters. The normalized spacial score (nSPS) is 17.1. The van der Waals surface area contributed by atoms with E-state index in [2.05, 4.69) is 5.32 Å². The van der Waals surface area contributed by atoms with Crippen molar-refractivity contribution in [3.63, 3.8) is 0 Å². The lowest BCUT2D eigenvalue weighted by molar-refractivity contribution is -0.147. The summed E-state index contributed by atoms with van der Waals surface area (Å²) in [6, 6.07) is 4.65. The number of carboxylic acid groups (broad SMARTS) is 1. The molecule has 7 heteroatoms. The van der Waals surface area contributed by atoms with Crippen LogP contribution in [0, 0.1) is 0 Å². The first-order valence-corrected chi connectivity index (χ1v) is 7.94. The SMILES string of the molecule is COc1ccc([C@H](N)CC(=O)NC2(C(=O)O)CCCC2)cc1OC. The molecule has 0 aliphatic heterocycles. The van der Waals surface area contributed by atoms with E-state index < -0.39 is 17.6 Å². The second kappa shape index (κ2) is 7.53. The fourth-order valence-corrected chi connectivity index (χ4v) is 3.09. The third-order valence-corrected chi connectivity index (χ3v) is 4.49. The summed E-state index contributed by atoms with van der Waals surface area (Å²) < 4.78 is 10.4. The van der Waals surface area contributed by atoms with E-state index in [0.717, 1.165) is 18.4 Å². The van der Waals surface area contributed by atoms with Gasteiger partial charge < -0.3 is 25.6 Å². The molecule has 0 saturated heterocycles. The van der Waals surface area contributed by atoms with Gasteiger partial charge in [-0.1, -0.05) is 18.9 Å². The minimum atomic E-state index is -1.14. The number of carbonyl (C=O) groups is 2. The predicted molar refractivity (Wildman–Crippen MR) is 88.1 cm³/mol.